The standard InChI is InChI=1S/C49H83N2O6P/c1-6-8-10-12-14-15-16-17-18-19-20-21-22-23-24-25-26-27-28-29-30-31-32-33-34-35-37-39-41-43-49(53)50-47(48(52)42-40-38-36-13-11-9-7-2)46-57-58(54,55)56-45-44-51(3,4)5/h8,10,14-15,17-18,20-21,23-24,26-27,29-30,32-33,35,37,47-48,52H,6-7,9,11-13,16,19,22,25,28,31,34,36,38-46H2,1-5H3,(H-,50,53,54,55)/b10-8-,15-14-,18-17-,21-20-,24-23-,27-26-,30-29-,33-32-,37-35-. The van der Waals surface area contributed by atoms with Crippen LogP contribution in [0.2, 0.25) is 0 Å². The molecule has 0 aliphatic rings. The number of phosphoric ester groups is 1. The zero-order valence-corrected chi connectivity index (χ0v) is 38.1. The summed E-state index contributed by atoms with van der Waals surface area (Å²) in [6, 6.07) is -0.836. The largest absolute Gasteiger partial charge is 0.756 e. The zero-order valence-electron chi connectivity index (χ0n) is 37.2. The molecule has 0 bridgehead atoms. The van der Waals surface area contributed by atoms with Crippen LogP contribution < -0.4 is 10.2 Å². The van der Waals surface area contributed by atoms with Crippen molar-refractivity contribution in [3.8, 4) is 0 Å². The molecular formula is C49H83N2O6P. The van der Waals surface area contributed by atoms with Crippen LogP contribution in [0.1, 0.15) is 142 Å². The van der Waals surface area contributed by atoms with Gasteiger partial charge in [0.05, 0.1) is 39.9 Å². The maximum absolute atomic E-state index is 12.8. The van der Waals surface area contributed by atoms with Crippen LogP contribution >= 0.6 is 7.82 Å². The molecule has 0 heterocycles. The fourth-order valence-corrected chi connectivity index (χ4v) is 6.23. The number of amides is 1. The van der Waals surface area contributed by atoms with E-state index in [1.165, 1.54) is 25.7 Å². The minimum atomic E-state index is -4.58. The molecule has 2 N–H and O–H groups in total. The summed E-state index contributed by atoms with van der Waals surface area (Å²) < 4.78 is 23.1. The lowest BCUT2D eigenvalue weighted by Crippen LogP contribution is -2.46. The van der Waals surface area contributed by atoms with Crippen molar-refractivity contribution in [2.75, 3.05) is 40.9 Å². The molecule has 58 heavy (non-hydrogen) atoms. The van der Waals surface area contributed by atoms with Gasteiger partial charge in [0.25, 0.3) is 7.82 Å². The molecule has 0 aromatic heterocycles. The Balaban J connectivity index is 4.30. The van der Waals surface area contributed by atoms with Gasteiger partial charge in [0.1, 0.15) is 13.2 Å². The molecule has 3 atom stereocenters. The molecule has 9 heteroatoms. The van der Waals surface area contributed by atoms with Crippen molar-refractivity contribution in [1.29, 1.82) is 0 Å². The van der Waals surface area contributed by atoms with Crippen LogP contribution in [-0.2, 0) is 18.4 Å². The number of likely N-dealkylation sites (N-methyl/N-ethyl adjacent to an activating group) is 1. The van der Waals surface area contributed by atoms with Gasteiger partial charge in [-0.2, -0.15) is 0 Å². The Labute approximate surface area is 355 Å². The topological polar surface area (TPSA) is 108 Å². The quantitative estimate of drug-likeness (QED) is 0.0278. The molecule has 0 radical (unpaired) electrons. The molecule has 0 aromatic rings. The van der Waals surface area contributed by atoms with Crippen molar-refractivity contribution in [2.45, 2.75) is 154 Å². The van der Waals surface area contributed by atoms with E-state index in [1.54, 1.807) is 0 Å². The number of allylic oxidation sites excluding steroid dienone is 18. The average Bonchev–Trinajstić information content (AvgIpc) is 3.17. The lowest BCUT2D eigenvalue weighted by atomic mass is 10.0. The third-order valence-corrected chi connectivity index (χ3v) is 9.99. The summed E-state index contributed by atoms with van der Waals surface area (Å²) in [5.41, 5.74) is 0. The van der Waals surface area contributed by atoms with Gasteiger partial charge in [-0.15, -0.1) is 0 Å². The minimum Gasteiger partial charge on any atom is -0.756 e. The summed E-state index contributed by atoms with van der Waals surface area (Å²) in [6.45, 7) is 4.47. The molecule has 0 saturated heterocycles. The molecule has 8 nitrogen and oxygen atoms in total. The highest BCUT2D eigenvalue weighted by atomic mass is 31.2. The lowest BCUT2D eigenvalue weighted by Gasteiger charge is -2.30. The van der Waals surface area contributed by atoms with Gasteiger partial charge < -0.3 is 28.8 Å². The second-order valence-corrected chi connectivity index (χ2v) is 17.1. The highest BCUT2D eigenvalue weighted by molar-refractivity contribution is 7.45. The molecule has 0 fully saturated rings. The van der Waals surface area contributed by atoms with E-state index < -0.39 is 20.0 Å². The second kappa shape index (κ2) is 39.6. The van der Waals surface area contributed by atoms with Gasteiger partial charge in [0.2, 0.25) is 5.91 Å². The van der Waals surface area contributed by atoms with Gasteiger partial charge >= 0.3 is 0 Å². The summed E-state index contributed by atoms with van der Waals surface area (Å²) in [4.78, 5) is 25.2. The van der Waals surface area contributed by atoms with E-state index in [0.29, 0.717) is 23.9 Å². The maximum Gasteiger partial charge on any atom is 0.268 e. The molecule has 0 aromatic carbocycles. The third kappa shape index (κ3) is 41.3. The number of carbonyl (C=O) groups is 1. The Bertz CT molecular complexity index is 1300. The highest BCUT2D eigenvalue weighted by Gasteiger charge is 2.24. The molecular weight excluding hydrogens is 744 g/mol. The van der Waals surface area contributed by atoms with Gasteiger partial charge in [-0.3, -0.25) is 9.36 Å². The van der Waals surface area contributed by atoms with Gasteiger partial charge in [0.15, 0.2) is 0 Å². The molecule has 3 unspecified atom stereocenters. The first-order valence-corrected chi connectivity index (χ1v) is 23.7. The molecule has 330 valence electrons. The molecule has 0 aliphatic carbocycles. The Morgan fingerprint density at radius 3 is 1.47 bits per heavy atom. The zero-order chi connectivity index (χ0) is 42.8. The summed E-state index contributed by atoms with van der Waals surface area (Å²) in [7, 11) is 1.24. The first kappa shape index (κ1) is 55.2. The normalized spacial score (nSPS) is 15.4. The summed E-state index contributed by atoms with van der Waals surface area (Å²) in [5.74, 6) is -0.233. The molecule has 1 amide bonds. The van der Waals surface area contributed by atoms with Gasteiger partial charge in [0, 0.05) is 6.42 Å². The van der Waals surface area contributed by atoms with Crippen LogP contribution in [-0.4, -0.2) is 68.5 Å². The summed E-state index contributed by atoms with van der Waals surface area (Å²) in [6.07, 6.45) is 57.0. The highest BCUT2D eigenvalue weighted by Crippen LogP contribution is 2.38. The minimum absolute atomic E-state index is 0.00598. The Morgan fingerprint density at radius 1 is 0.621 bits per heavy atom. The van der Waals surface area contributed by atoms with Crippen molar-refractivity contribution in [2.24, 2.45) is 0 Å². The number of aliphatic hydroxyl groups is 1. The Morgan fingerprint density at radius 2 is 1.03 bits per heavy atom. The number of nitrogens with one attached hydrogen (secondary N) is 1. The van der Waals surface area contributed by atoms with Crippen LogP contribution in [0.25, 0.3) is 0 Å². The Hall–Kier alpha value is -2.84. The first-order valence-electron chi connectivity index (χ1n) is 22.2. The smallest absolute Gasteiger partial charge is 0.268 e. The second-order valence-electron chi connectivity index (χ2n) is 15.7. The molecule has 0 spiro atoms. The maximum atomic E-state index is 12.8. The van der Waals surface area contributed by atoms with Crippen LogP contribution in [0, 0.1) is 0 Å². The fraction of sp³-hybridized carbons (Fsp3) is 0.612. The van der Waals surface area contributed by atoms with Crippen molar-refractivity contribution in [1.82, 2.24) is 5.32 Å². The van der Waals surface area contributed by atoms with Gasteiger partial charge in [-0.25, -0.2) is 0 Å². The van der Waals surface area contributed by atoms with E-state index in [1.807, 2.05) is 21.1 Å². The van der Waals surface area contributed by atoms with Crippen LogP contribution in [0.5, 0.6) is 0 Å². The predicted molar refractivity (Wildman–Crippen MR) is 246 cm³/mol. The SMILES string of the molecule is CC/C=C\C/C=C\C/C=C\C/C=C\C/C=C\C/C=C\C/C=C\C/C=C\C/C=C\CCCC(=O)NC(COP(=O)([O-])OCC[N+](C)(C)C)C(O)CCCCCCCCC. The van der Waals surface area contributed by atoms with E-state index in [2.05, 4.69) is 129 Å². The summed E-state index contributed by atoms with van der Waals surface area (Å²) in [5, 5.41) is 13.7. The molecule has 0 saturated carbocycles. The van der Waals surface area contributed by atoms with Crippen LogP contribution in [0.15, 0.2) is 109 Å². The van der Waals surface area contributed by atoms with Crippen molar-refractivity contribution >= 4 is 13.7 Å². The average molecular weight is 827 g/mol. The van der Waals surface area contributed by atoms with E-state index in [0.717, 1.165) is 83.5 Å². The molecule has 0 aliphatic heterocycles. The van der Waals surface area contributed by atoms with Crippen molar-refractivity contribution in [3.63, 3.8) is 0 Å². The number of hydrogen-bond acceptors (Lipinski definition) is 6. The number of phosphoric acid groups is 1. The number of hydrogen-bond donors (Lipinski definition) is 2. The number of nitrogens with zero attached hydrogens (tertiary/aromatic N) is 1. The predicted octanol–water partition coefficient (Wildman–Crippen LogP) is 11.9. The monoisotopic (exact) mass is 827 g/mol. The van der Waals surface area contributed by atoms with E-state index in [4.69, 9.17) is 9.05 Å². The van der Waals surface area contributed by atoms with Gasteiger partial charge in [-0.1, -0.05) is 168 Å². The van der Waals surface area contributed by atoms with Crippen LogP contribution in [0.3, 0.4) is 0 Å². The van der Waals surface area contributed by atoms with Crippen molar-refractivity contribution in [3.05, 3.63) is 109 Å². The lowest BCUT2D eigenvalue weighted by molar-refractivity contribution is -0.870. The van der Waals surface area contributed by atoms with Gasteiger partial charge in [-0.05, 0) is 77.0 Å². The Kier molecular flexibility index (Phi) is 37.7. The first-order chi connectivity index (χ1) is 28.0. The number of aliphatic hydroxyl groups excluding tert-OH is 1. The third-order valence-electron chi connectivity index (χ3n) is 9.03. The number of unbranched alkanes of at least 4 members (excludes halogenated alkanes) is 7. The number of carbonyl (C=O) groups excluding carboxylic acids is 1. The van der Waals surface area contributed by atoms with Crippen molar-refractivity contribution < 1.29 is 32.9 Å². The van der Waals surface area contributed by atoms with Crippen LogP contribution in [0.4, 0.5) is 0 Å². The number of rotatable bonds is 38. The van der Waals surface area contributed by atoms with E-state index in [-0.39, 0.29) is 25.5 Å². The van der Waals surface area contributed by atoms with E-state index >= 15 is 0 Å². The summed E-state index contributed by atoms with van der Waals surface area (Å²) >= 11 is 0. The number of quaternary nitrogens is 1. The molecule has 0 rings (SSSR count). The van der Waals surface area contributed by atoms with E-state index in [9.17, 15) is 19.4 Å². The fourth-order valence-electron chi connectivity index (χ4n) is 5.51.